The van der Waals surface area contributed by atoms with Gasteiger partial charge in [-0.25, -0.2) is 0 Å². The second kappa shape index (κ2) is 6.66. The van der Waals surface area contributed by atoms with E-state index in [-0.39, 0.29) is 0 Å². The van der Waals surface area contributed by atoms with E-state index in [9.17, 15) is 0 Å². The summed E-state index contributed by atoms with van der Waals surface area (Å²) in [6, 6.07) is 6.81. The molecule has 0 aliphatic carbocycles. The van der Waals surface area contributed by atoms with E-state index in [1.54, 1.807) is 0 Å². The normalized spacial score (nSPS) is 12.5. The molecule has 1 atom stereocenters. The van der Waals surface area contributed by atoms with Gasteiger partial charge < -0.3 is 5.32 Å². The molecule has 1 unspecified atom stereocenters. The quantitative estimate of drug-likeness (QED) is 0.594. The molecule has 0 aromatic heterocycles. The summed E-state index contributed by atoms with van der Waals surface area (Å²) in [5.41, 5.74) is 1.36. The molecule has 1 rings (SSSR count). The topological polar surface area (TPSA) is 12.0 Å². The third-order valence-electron chi connectivity index (χ3n) is 2.34. The lowest BCUT2D eigenvalue weighted by atomic mass is 10.0. The minimum absolute atomic E-state index is 0.410. The van der Waals surface area contributed by atoms with E-state index in [0.29, 0.717) is 6.04 Å². The smallest absolute Gasteiger partial charge is 0.0331 e. The number of benzene rings is 1. The fourth-order valence-electron chi connectivity index (χ4n) is 1.52. The molecular formula is C12H15BrIN. The Morgan fingerprint density at radius 2 is 2.33 bits per heavy atom. The Labute approximate surface area is 114 Å². The van der Waals surface area contributed by atoms with E-state index in [1.165, 1.54) is 9.13 Å². The molecule has 0 bridgehead atoms. The highest BCUT2D eigenvalue weighted by atomic mass is 127. The van der Waals surface area contributed by atoms with Gasteiger partial charge in [0, 0.05) is 14.1 Å². The summed E-state index contributed by atoms with van der Waals surface area (Å²) in [6.07, 6.45) is 4.09. The molecular weight excluding hydrogens is 365 g/mol. The number of nitrogens with one attached hydrogen (secondary N) is 1. The van der Waals surface area contributed by atoms with E-state index in [0.717, 1.165) is 17.3 Å². The van der Waals surface area contributed by atoms with Gasteiger partial charge in [-0.2, -0.15) is 0 Å². The van der Waals surface area contributed by atoms with Crippen molar-refractivity contribution in [2.75, 3.05) is 7.05 Å². The van der Waals surface area contributed by atoms with Crippen molar-refractivity contribution in [3.63, 3.8) is 0 Å². The van der Waals surface area contributed by atoms with Crippen LogP contribution in [0.5, 0.6) is 0 Å². The Morgan fingerprint density at radius 1 is 1.60 bits per heavy atom. The lowest BCUT2D eigenvalue weighted by molar-refractivity contribution is 0.552. The van der Waals surface area contributed by atoms with Gasteiger partial charge in [-0.3, -0.25) is 0 Å². The van der Waals surface area contributed by atoms with Crippen LogP contribution in [0.1, 0.15) is 24.4 Å². The zero-order chi connectivity index (χ0) is 11.3. The van der Waals surface area contributed by atoms with Gasteiger partial charge in [-0.05, 0) is 66.2 Å². The van der Waals surface area contributed by atoms with E-state index in [4.69, 9.17) is 0 Å². The third-order valence-corrected chi connectivity index (χ3v) is 3.82. The van der Waals surface area contributed by atoms with Crippen LogP contribution in [0.2, 0.25) is 0 Å². The summed E-state index contributed by atoms with van der Waals surface area (Å²) in [5, 5.41) is 3.35. The Morgan fingerprint density at radius 3 is 2.93 bits per heavy atom. The summed E-state index contributed by atoms with van der Waals surface area (Å²) in [6.45, 7) is 3.76. The summed E-state index contributed by atoms with van der Waals surface area (Å²) in [4.78, 5) is 0. The largest absolute Gasteiger partial charge is 0.313 e. The van der Waals surface area contributed by atoms with Crippen LogP contribution in [-0.2, 0) is 0 Å². The number of halogens is 2. The minimum Gasteiger partial charge on any atom is -0.313 e. The van der Waals surface area contributed by atoms with Gasteiger partial charge in [0.05, 0.1) is 0 Å². The highest BCUT2D eigenvalue weighted by Crippen LogP contribution is 2.26. The number of allylic oxidation sites excluding steroid dienone is 1. The second-order valence-corrected chi connectivity index (χ2v) is 5.45. The zero-order valence-corrected chi connectivity index (χ0v) is 12.5. The van der Waals surface area contributed by atoms with Crippen LogP contribution in [0.25, 0.3) is 0 Å². The lowest BCUT2D eigenvalue weighted by Gasteiger charge is -2.17. The fraction of sp³-hybridized carbons (Fsp3) is 0.333. The highest BCUT2D eigenvalue weighted by Gasteiger charge is 2.11. The number of hydrogen-bond acceptors (Lipinski definition) is 1. The van der Waals surface area contributed by atoms with Crippen molar-refractivity contribution in [2.45, 2.75) is 18.9 Å². The number of hydrogen-bond donors (Lipinski definition) is 1. The molecule has 1 nitrogen and oxygen atoms in total. The summed E-state index contributed by atoms with van der Waals surface area (Å²) < 4.78 is 2.44. The van der Waals surface area contributed by atoms with E-state index in [1.807, 2.05) is 13.1 Å². The van der Waals surface area contributed by atoms with Crippen LogP contribution >= 0.6 is 38.5 Å². The molecule has 0 spiro atoms. The molecule has 1 N–H and O–H groups in total. The SMILES string of the molecule is C=CCCC(NC)c1cc(Br)ccc1I. The van der Waals surface area contributed by atoms with Gasteiger partial charge in [0.15, 0.2) is 0 Å². The van der Waals surface area contributed by atoms with Crippen molar-refractivity contribution >= 4 is 38.5 Å². The van der Waals surface area contributed by atoms with Crippen LogP contribution in [0.4, 0.5) is 0 Å². The minimum atomic E-state index is 0.410. The van der Waals surface area contributed by atoms with E-state index < -0.39 is 0 Å². The van der Waals surface area contributed by atoms with Crippen LogP contribution in [0.3, 0.4) is 0 Å². The maximum absolute atomic E-state index is 3.76. The monoisotopic (exact) mass is 379 g/mol. The Balaban J connectivity index is 2.89. The van der Waals surface area contributed by atoms with Crippen LogP contribution in [0.15, 0.2) is 35.3 Å². The van der Waals surface area contributed by atoms with Gasteiger partial charge in [0.2, 0.25) is 0 Å². The summed E-state index contributed by atoms with van der Waals surface area (Å²) in [5.74, 6) is 0. The first-order chi connectivity index (χ1) is 7.19. The van der Waals surface area contributed by atoms with Gasteiger partial charge in [0.25, 0.3) is 0 Å². The second-order valence-electron chi connectivity index (χ2n) is 3.37. The van der Waals surface area contributed by atoms with Crippen molar-refractivity contribution in [3.8, 4) is 0 Å². The Bertz CT molecular complexity index is 338. The maximum Gasteiger partial charge on any atom is 0.0331 e. The first-order valence-corrected chi connectivity index (χ1v) is 6.79. The third kappa shape index (κ3) is 3.89. The molecule has 82 valence electrons. The Kier molecular flexibility index (Phi) is 5.86. The predicted octanol–water partition coefficient (Wildman–Crippen LogP) is 4.28. The van der Waals surface area contributed by atoms with E-state index in [2.05, 4.69) is 68.6 Å². The van der Waals surface area contributed by atoms with Crippen molar-refractivity contribution < 1.29 is 0 Å². The van der Waals surface area contributed by atoms with Crippen LogP contribution < -0.4 is 5.32 Å². The van der Waals surface area contributed by atoms with Crippen LogP contribution in [-0.4, -0.2) is 7.05 Å². The van der Waals surface area contributed by atoms with Gasteiger partial charge in [-0.15, -0.1) is 6.58 Å². The molecule has 0 saturated heterocycles. The van der Waals surface area contributed by atoms with Gasteiger partial charge >= 0.3 is 0 Å². The molecule has 0 amide bonds. The first kappa shape index (κ1) is 13.2. The molecule has 0 saturated carbocycles. The Hall–Kier alpha value is 0.130. The van der Waals surface area contributed by atoms with Crippen molar-refractivity contribution in [1.82, 2.24) is 5.32 Å². The molecule has 0 aliphatic rings. The lowest BCUT2D eigenvalue weighted by Crippen LogP contribution is -2.17. The molecule has 0 radical (unpaired) electrons. The molecule has 0 heterocycles. The van der Waals surface area contributed by atoms with Crippen LogP contribution in [0, 0.1) is 3.57 Å². The summed E-state index contributed by atoms with van der Waals surface area (Å²) >= 11 is 5.89. The predicted molar refractivity (Wildman–Crippen MR) is 78.1 cm³/mol. The maximum atomic E-state index is 3.76. The van der Waals surface area contributed by atoms with Crippen molar-refractivity contribution in [3.05, 3.63) is 44.5 Å². The standard InChI is InChI=1S/C12H15BrIN/c1-3-4-5-12(15-2)10-8-9(13)6-7-11(10)14/h3,6-8,12,15H,1,4-5H2,2H3. The molecule has 3 heteroatoms. The summed E-state index contributed by atoms with van der Waals surface area (Å²) in [7, 11) is 2.00. The molecule has 0 fully saturated rings. The van der Waals surface area contributed by atoms with Crippen molar-refractivity contribution in [2.24, 2.45) is 0 Å². The zero-order valence-electron chi connectivity index (χ0n) is 8.76. The van der Waals surface area contributed by atoms with Gasteiger partial charge in [-0.1, -0.05) is 22.0 Å². The highest BCUT2D eigenvalue weighted by molar-refractivity contribution is 14.1. The van der Waals surface area contributed by atoms with E-state index >= 15 is 0 Å². The van der Waals surface area contributed by atoms with Crippen molar-refractivity contribution in [1.29, 1.82) is 0 Å². The number of rotatable bonds is 5. The average molecular weight is 380 g/mol. The molecule has 0 aliphatic heterocycles. The average Bonchev–Trinajstić information content (AvgIpc) is 2.24. The molecule has 1 aromatic carbocycles. The molecule has 1 aromatic rings. The molecule has 15 heavy (non-hydrogen) atoms. The first-order valence-electron chi connectivity index (χ1n) is 4.92. The van der Waals surface area contributed by atoms with Gasteiger partial charge in [0.1, 0.15) is 0 Å². The fourth-order valence-corrected chi connectivity index (χ4v) is 2.61.